The van der Waals surface area contributed by atoms with Gasteiger partial charge in [-0.2, -0.15) is 9.78 Å². The van der Waals surface area contributed by atoms with Crippen molar-refractivity contribution in [3.05, 3.63) is 23.9 Å². The predicted octanol–water partition coefficient (Wildman–Crippen LogP) is 1.40. The van der Waals surface area contributed by atoms with Crippen LogP contribution in [-0.4, -0.2) is 44.2 Å². The van der Waals surface area contributed by atoms with Crippen LogP contribution in [0.1, 0.15) is 30.3 Å². The van der Waals surface area contributed by atoms with Crippen molar-refractivity contribution in [2.75, 3.05) is 19.5 Å². The molecule has 1 amide bonds. The van der Waals surface area contributed by atoms with E-state index in [0.717, 1.165) is 0 Å². The lowest BCUT2D eigenvalue weighted by Crippen LogP contribution is -2.19. The SMILES string of the molecule is CCc1nn2c(c1-c1ccc(OC)c(S(=O)(=O)NC)c1)NC(=O)CCC2=O. The van der Waals surface area contributed by atoms with Crippen LogP contribution in [0.3, 0.4) is 0 Å². The number of carbonyl (C=O) groups excluding carboxylic acids is 2. The summed E-state index contributed by atoms with van der Waals surface area (Å²) in [6.45, 7) is 1.87. The van der Waals surface area contributed by atoms with E-state index >= 15 is 0 Å². The number of benzene rings is 1. The van der Waals surface area contributed by atoms with Crippen molar-refractivity contribution in [2.45, 2.75) is 31.1 Å². The number of nitrogens with one attached hydrogen (secondary N) is 2. The number of methoxy groups -OCH3 is 1. The monoisotopic (exact) mass is 392 g/mol. The summed E-state index contributed by atoms with van der Waals surface area (Å²) in [5.74, 6) is -0.134. The highest BCUT2D eigenvalue weighted by Gasteiger charge is 2.28. The van der Waals surface area contributed by atoms with Gasteiger partial charge in [0, 0.05) is 18.4 Å². The number of amides is 1. The summed E-state index contributed by atoms with van der Waals surface area (Å²) in [6, 6.07) is 4.65. The van der Waals surface area contributed by atoms with Gasteiger partial charge in [0.15, 0.2) is 0 Å². The van der Waals surface area contributed by atoms with Crippen LogP contribution in [0.4, 0.5) is 5.82 Å². The number of hydrogen-bond donors (Lipinski definition) is 2. The average molecular weight is 392 g/mol. The highest BCUT2D eigenvalue weighted by molar-refractivity contribution is 7.89. The molecule has 0 saturated heterocycles. The molecule has 1 aliphatic rings. The zero-order chi connectivity index (χ0) is 19.8. The number of nitrogens with zero attached hydrogens (tertiary/aromatic N) is 2. The highest BCUT2D eigenvalue weighted by atomic mass is 32.2. The number of rotatable bonds is 5. The number of anilines is 1. The molecule has 1 aromatic heterocycles. The lowest BCUT2D eigenvalue weighted by molar-refractivity contribution is -0.116. The van der Waals surface area contributed by atoms with Crippen molar-refractivity contribution >= 4 is 27.7 Å². The third-order valence-corrected chi connectivity index (χ3v) is 5.80. The van der Waals surface area contributed by atoms with E-state index in [1.54, 1.807) is 6.07 Å². The van der Waals surface area contributed by atoms with Crippen LogP contribution in [0, 0.1) is 0 Å². The second-order valence-electron chi connectivity index (χ2n) is 5.95. The number of sulfonamides is 1. The van der Waals surface area contributed by atoms with Gasteiger partial charge < -0.3 is 10.1 Å². The Bertz CT molecular complexity index is 1030. The van der Waals surface area contributed by atoms with Crippen LogP contribution in [0.2, 0.25) is 0 Å². The number of aryl methyl sites for hydroxylation is 1. The molecule has 9 nitrogen and oxygen atoms in total. The predicted molar refractivity (Wildman–Crippen MR) is 98.3 cm³/mol. The first-order valence-electron chi connectivity index (χ1n) is 8.39. The van der Waals surface area contributed by atoms with Crippen LogP contribution < -0.4 is 14.8 Å². The summed E-state index contributed by atoms with van der Waals surface area (Å²) in [6.07, 6.45) is 0.634. The molecule has 0 spiro atoms. The van der Waals surface area contributed by atoms with Gasteiger partial charge in [-0.25, -0.2) is 13.1 Å². The van der Waals surface area contributed by atoms with E-state index in [9.17, 15) is 18.0 Å². The molecule has 0 fully saturated rings. The summed E-state index contributed by atoms with van der Waals surface area (Å²) in [4.78, 5) is 24.3. The van der Waals surface area contributed by atoms with Crippen LogP contribution in [0.15, 0.2) is 23.1 Å². The number of aromatic nitrogens is 2. The molecule has 0 atom stereocenters. The Morgan fingerprint density at radius 1 is 1.30 bits per heavy atom. The summed E-state index contributed by atoms with van der Waals surface area (Å²) < 4.78 is 33.4. The van der Waals surface area contributed by atoms with Crippen molar-refractivity contribution < 1.29 is 22.7 Å². The number of carbonyl (C=O) groups is 2. The topological polar surface area (TPSA) is 119 Å². The molecule has 2 aromatic rings. The zero-order valence-electron chi connectivity index (χ0n) is 15.2. The fourth-order valence-corrected chi connectivity index (χ4v) is 3.90. The normalized spacial score (nSPS) is 14.5. The average Bonchev–Trinajstić information content (AvgIpc) is 2.97. The molecule has 1 aliphatic heterocycles. The molecule has 1 aromatic carbocycles. The van der Waals surface area contributed by atoms with Gasteiger partial charge >= 0.3 is 0 Å². The van der Waals surface area contributed by atoms with Gasteiger partial charge in [0.2, 0.25) is 21.8 Å². The Balaban J connectivity index is 2.27. The molecule has 0 bridgehead atoms. The van der Waals surface area contributed by atoms with Gasteiger partial charge in [-0.3, -0.25) is 9.59 Å². The van der Waals surface area contributed by atoms with Crippen molar-refractivity contribution in [3.63, 3.8) is 0 Å². The Morgan fingerprint density at radius 2 is 2.04 bits per heavy atom. The van der Waals surface area contributed by atoms with E-state index in [4.69, 9.17) is 4.74 Å². The Hall–Kier alpha value is -2.72. The molecule has 0 unspecified atom stereocenters. The summed E-state index contributed by atoms with van der Waals surface area (Å²) >= 11 is 0. The van der Waals surface area contributed by atoms with E-state index in [1.807, 2.05) is 6.92 Å². The molecular formula is C17H20N4O5S. The van der Waals surface area contributed by atoms with E-state index in [1.165, 1.54) is 31.0 Å². The third kappa shape index (κ3) is 3.33. The lowest BCUT2D eigenvalue weighted by atomic mass is 10.0. The van der Waals surface area contributed by atoms with Gasteiger partial charge in [-0.05, 0) is 31.2 Å². The minimum absolute atomic E-state index is 0.0433. The molecular weight excluding hydrogens is 372 g/mol. The zero-order valence-corrected chi connectivity index (χ0v) is 16.0. The van der Waals surface area contributed by atoms with Crippen LogP contribution in [0.25, 0.3) is 11.1 Å². The fourth-order valence-electron chi connectivity index (χ4n) is 2.98. The summed E-state index contributed by atoms with van der Waals surface area (Å²) in [7, 11) is -1.09. The number of fused-ring (bicyclic) bond motifs is 1. The van der Waals surface area contributed by atoms with E-state index < -0.39 is 10.0 Å². The quantitative estimate of drug-likeness (QED) is 0.794. The molecule has 3 rings (SSSR count). The Morgan fingerprint density at radius 3 is 2.67 bits per heavy atom. The first kappa shape index (κ1) is 19.1. The largest absolute Gasteiger partial charge is 0.495 e. The maximum absolute atomic E-state index is 12.4. The van der Waals surface area contributed by atoms with Gasteiger partial charge in [0.05, 0.1) is 12.8 Å². The molecule has 0 aliphatic carbocycles. The van der Waals surface area contributed by atoms with Crippen molar-refractivity contribution in [3.8, 4) is 16.9 Å². The van der Waals surface area contributed by atoms with Crippen LogP contribution in [0.5, 0.6) is 5.75 Å². The standard InChI is InChI=1S/C17H20N4O5S/c1-4-11-16(17-19-14(22)7-8-15(23)21(17)20-11)10-5-6-12(26-3)13(9-10)27(24,25)18-2/h5-6,9,18H,4,7-8H2,1-3H3,(H,19,22). The van der Waals surface area contributed by atoms with Crippen LogP contribution in [-0.2, 0) is 21.2 Å². The second-order valence-corrected chi connectivity index (χ2v) is 7.81. The number of ether oxygens (including phenoxy) is 1. The van der Waals surface area contributed by atoms with Crippen molar-refractivity contribution in [1.29, 1.82) is 0 Å². The Kier molecular flexibility index (Phi) is 5.03. The van der Waals surface area contributed by atoms with Gasteiger partial charge in [-0.15, -0.1) is 0 Å². The molecule has 10 heteroatoms. The third-order valence-electron chi connectivity index (χ3n) is 4.36. The smallest absolute Gasteiger partial charge is 0.249 e. The van der Waals surface area contributed by atoms with E-state index in [0.29, 0.717) is 23.2 Å². The van der Waals surface area contributed by atoms with Crippen LogP contribution >= 0.6 is 0 Å². The molecule has 0 radical (unpaired) electrons. The minimum atomic E-state index is -3.78. The highest BCUT2D eigenvalue weighted by Crippen LogP contribution is 2.37. The van der Waals surface area contributed by atoms with E-state index in [-0.39, 0.29) is 41.1 Å². The first-order valence-corrected chi connectivity index (χ1v) is 9.87. The first-order chi connectivity index (χ1) is 12.8. The fraction of sp³-hybridized carbons (Fsp3) is 0.353. The molecule has 2 N–H and O–H groups in total. The number of hydrogen-bond acceptors (Lipinski definition) is 6. The summed E-state index contributed by atoms with van der Waals surface area (Å²) in [5.41, 5.74) is 1.62. The maximum Gasteiger partial charge on any atom is 0.249 e. The van der Waals surface area contributed by atoms with Gasteiger partial charge in [0.1, 0.15) is 16.5 Å². The molecule has 2 heterocycles. The maximum atomic E-state index is 12.4. The van der Waals surface area contributed by atoms with Crippen molar-refractivity contribution in [2.24, 2.45) is 0 Å². The lowest BCUT2D eigenvalue weighted by Gasteiger charge is -2.12. The minimum Gasteiger partial charge on any atom is -0.495 e. The molecule has 0 saturated carbocycles. The van der Waals surface area contributed by atoms with Gasteiger partial charge in [-0.1, -0.05) is 13.0 Å². The molecule has 27 heavy (non-hydrogen) atoms. The second kappa shape index (κ2) is 7.12. The van der Waals surface area contributed by atoms with E-state index in [2.05, 4.69) is 15.1 Å². The van der Waals surface area contributed by atoms with Crippen molar-refractivity contribution in [1.82, 2.24) is 14.5 Å². The Labute approximate surface area is 156 Å². The van der Waals surface area contributed by atoms with Gasteiger partial charge in [0.25, 0.3) is 0 Å². The summed E-state index contributed by atoms with van der Waals surface area (Å²) in [5, 5.41) is 7.05. The molecule has 144 valence electrons.